The summed E-state index contributed by atoms with van der Waals surface area (Å²) in [6.07, 6.45) is 8.45. The summed E-state index contributed by atoms with van der Waals surface area (Å²) in [5, 5.41) is 0. The molecule has 1 heterocycles. The van der Waals surface area contributed by atoms with Crippen LogP contribution in [0.25, 0.3) is 0 Å². The Morgan fingerprint density at radius 3 is 2.69 bits per heavy atom. The van der Waals surface area contributed by atoms with Gasteiger partial charge in [0.2, 0.25) is 0 Å². The van der Waals surface area contributed by atoms with E-state index >= 15 is 0 Å². The van der Waals surface area contributed by atoms with Gasteiger partial charge in [-0.25, -0.2) is 4.79 Å². The molecule has 16 heavy (non-hydrogen) atoms. The van der Waals surface area contributed by atoms with Crippen LogP contribution in [0.3, 0.4) is 0 Å². The van der Waals surface area contributed by atoms with Crippen LogP contribution in [0, 0.1) is 0 Å². The van der Waals surface area contributed by atoms with E-state index in [1.807, 2.05) is 0 Å². The topological polar surface area (TPSA) is 38.8 Å². The molecule has 0 aromatic carbocycles. The Balaban J connectivity index is 2.06. The zero-order valence-corrected chi connectivity index (χ0v) is 10.2. The van der Waals surface area contributed by atoms with Gasteiger partial charge < -0.3 is 9.47 Å². The summed E-state index contributed by atoms with van der Waals surface area (Å²) in [7, 11) is 0. The monoisotopic (exact) mass is 226 g/mol. The highest BCUT2D eigenvalue weighted by Crippen LogP contribution is 2.33. The number of hydrogen-bond donors (Lipinski definition) is 0. The SMILES string of the molecule is C=CC(=O)OCC1(CCCCCCC)CO1. The van der Waals surface area contributed by atoms with Gasteiger partial charge in [-0.05, 0) is 6.42 Å². The van der Waals surface area contributed by atoms with Crippen molar-refractivity contribution in [1.29, 1.82) is 0 Å². The third-order valence-electron chi connectivity index (χ3n) is 2.93. The van der Waals surface area contributed by atoms with Crippen LogP contribution in [-0.4, -0.2) is 24.8 Å². The first-order chi connectivity index (χ1) is 7.72. The highest BCUT2D eigenvalue weighted by Gasteiger charge is 2.45. The van der Waals surface area contributed by atoms with Gasteiger partial charge in [-0.1, -0.05) is 45.6 Å². The van der Waals surface area contributed by atoms with Crippen LogP contribution in [0.4, 0.5) is 0 Å². The van der Waals surface area contributed by atoms with Crippen molar-refractivity contribution < 1.29 is 14.3 Å². The van der Waals surface area contributed by atoms with Crippen molar-refractivity contribution in [2.24, 2.45) is 0 Å². The zero-order valence-electron chi connectivity index (χ0n) is 10.2. The number of esters is 1. The number of rotatable bonds is 9. The van der Waals surface area contributed by atoms with Crippen LogP contribution in [0.2, 0.25) is 0 Å². The number of ether oxygens (including phenoxy) is 2. The normalized spacial score (nSPS) is 22.8. The van der Waals surface area contributed by atoms with Gasteiger partial charge in [-0.15, -0.1) is 0 Å². The molecule has 0 spiro atoms. The van der Waals surface area contributed by atoms with Gasteiger partial charge in [-0.3, -0.25) is 0 Å². The molecule has 0 aliphatic carbocycles. The molecule has 0 N–H and O–H groups in total. The van der Waals surface area contributed by atoms with Gasteiger partial charge >= 0.3 is 5.97 Å². The lowest BCUT2D eigenvalue weighted by molar-refractivity contribution is -0.139. The van der Waals surface area contributed by atoms with Crippen LogP contribution in [0.15, 0.2) is 12.7 Å². The van der Waals surface area contributed by atoms with E-state index in [4.69, 9.17) is 9.47 Å². The lowest BCUT2D eigenvalue weighted by Gasteiger charge is -2.11. The van der Waals surface area contributed by atoms with Crippen molar-refractivity contribution in [1.82, 2.24) is 0 Å². The fourth-order valence-corrected chi connectivity index (χ4v) is 1.71. The average molecular weight is 226 g/mol. The van der Waals surface area contributed by atoms with E-state index in [9.17, 15) is 4.79 Å². The summed E-state index contributed by atoms with van der Waals surface area (Å²) in [6.45, 7) is 6.68. The van der Waals surface area contributed by atoms with Gasteiger partial charge in [0.05, 0.1) is 6.61 Å². The minimum Gasteiger partial charge on any atom is -0.459 e. The predicted molar refractivity (Wildman–Crippen MR) is 63.2 cm³/mol. The first kappa shape index (κ1) is 13.2. The number of carbonyl (C=O) groups excluding carboxylic acids is 1. The first-order valence-electron chi connectivity index (χ1n) is 6.15. The maximum absolute atomic E-state index is 10.9. The predicted octanol–water partition coefficient (Wildman–Crippen LogP) is 2.85. The highest BCUT2D eigenvalue weighted by atomic mass is 16.6. The maximum Gasteiger partial charge on any atom is 0.330 e. The Hall–Kier alpha value is -0.830. The van der Waals surface area contributed by atoms with Gasteiger partial charge in [0.15, 0.2) is 0 Å². The number of unbranched alkanes of at least 4 members (excludes halogenated alkanes) is 4. The van der Waals surface area contributed by atoms with E-state index in [-0.39, 0.29) is 11.6 Å². The molecule has 0 aromatic heterocycles. The van der Waals surface area contributed by atoms with Crippen molar-refractivity contribution in [2.45, 2.75) is 51.0 Å². The standard InChI is InChI=1S/C13H22O3/c1-3-5-6-7-8-9-13(11-16-13)10-15-12(14)4-2/h4H,2-3,5-11H2,1H3. The highest BCUT2D eigenvalue weighted by molar-refractivity contribution is 5.81. The lowest BCUT2D eigenvalue weighted by atomic mass is 10.0. The molecule has 0 aromatic rings. The van der Waals surface area contributed by atoms with E-state index in [2.05, 4.69) is 13.5 Å². The molecule has 0 amide bonds. The Bertz CT molecular complexity index is 231. The van der Waals surface area contributed by atoms with Crippen molar-refractivity contribution in [3.05, 3.63) is 12.7 Å². The number of epoxide rings is 1. The van der Waals surface area contributed by atoms with Crippen LogP contribution >= 0.6 is 0 Å². The molecule has 3 nitrogen and oxygen atoms in total. The zero-order chi connectivity index (χ0) is 11.9. The first-order valence-corrected chi connectivity index (χ1v) is 6.15. The van der Waals surface area contributed by atoms with Crippen LogP contribution in [0.5, 0.6) is 0 Å². The van der Waals surface area contributed by atoms with Gasteiger partial charge in [0.25, 0.3) is 0 Å². The second-order valence-electron chi connectivity index (χ2n) is 4.45. The van der Waals surface area contributed by atoms with Crippen LogP contribution in [0.1, 0.15) is 45.4 Å². The summed E-state index contributed by atoms with van der Waals surface area (Å²) < 4.78 is 10.4. The van der Waals surface area contributed by atoms with Gasteiger partial charge in [0.1, 0.15) is 12.2 Å². The number of carbonyl (C=O) groups is 1. The molecular formula is C13H22O3. The minimum absolute atomic E-state index is 0.162. The summed E-state index contributed by atoms with van der Waals surface area (Å²) >= 11 is 0. The Morgan fingerprint density at radius 1 is 1.44 bits per heavy atom. The van der Waals surface area contributed by atoms with E-state index in [0.29, 0.717) is 6.61 Å². The summed E-state index contributed by atoms with van der Waals surface area (Å²) in [4.78, 5) is 10.9. The third-order valence-corrected chi connectivity index (χ3v) is 2.93. The molecule has 1 rings (SSSR count). The molecule has 1 aliphatic rings. The van der Waals surface area contributed by atoms with E-state index in [0.717, 1.165) is 19.4 Å². The van der Waals surface area contributed by atoms with Crippen molar-refractivity contribution in [3.63, 3.8) is 0 Å². The van der Waals surface area contributed by atoms with Crippen LogP contribution in [-0.2, 0) is 14.3 Å². The maximum atomic E-state index is 10.9. The van der Waals surface area contributed by atoms with E-state index in [1.54, 1.807) is 0 Å². The average Bonchev–Trinajstić information content (AvgIpc) is 3.06. The third kappa shape index (κ3) is 4.79. The molecule has 3 heteroatoms. The van der Waals surface area contributed by atoms with Crippen molar-refractivity contribution >= 4 is 5.97 Å². The summed E-state index contributed by atoms with van der Waals surface area (Å²) in [5.41, 5.74) is -0.162. The molecule has 1 aliphatic heterocycles. The molecule has 0 bridgehead atoms. The molecule has 0 radical (unpaired) electrons. The smallest absolute Gasteiger partial charge is 0.330 e. The molecule has 0 saturated carbocycles. The molecule has 1 fully saturated rings. The van der Waals surface area contributed by atoms with Crippen molar-refractivity contribution in [3.8, 4) is 0 Å². The fraction of sp³-hybridized carbons (Fsp3) is 0.769. The molecule has 1 saturated heterocycles. The van der Waals surface area contributed by atoms with Gasteiger partial charge in [-0.2, -0.15) is 0 Å². The Morgan fingerprint density at radius 2 is 2.12 bits per heavy atom. The second kappa shape index (κ2) is 6.69. The molecule has 1 unspecified atom stereocenters. The molecular weight excluding hydrogens is 204 g/mol. The number of hydrogen-bond acceptors (Lipinski definition) is 3. The molecule has 92 valence electrons. The summed E-state index contributed by atoms with van der Waals surface area (Å²) in [6, 6.07) is 0. The summed E-state index contributed by atoms with van der Waals surface area (Å²) in [5.74, 6) is -0.360. The Labute approximate surface area is 97.8 Å². The van der Waals surface area contributed by atoms with Crippen LogP contribution < -0.4 is 0 Å². The largest absolute Gasteiger partial charge is 0.459 e. The fourth-order valence-electron chi connectivity index (χ4n) is 1.71. The van der Waals surface area contributed by atoms with Gasteiger partial charge in [0, 0.05) is 6.08 Å². The lowest BCUT2D eigenvalue weighted by Crippen LogP contribution is -2.21. The molecule has 1 atom stereocenters. The minimum atomic E-state index is -0.360. The van der Waals surface area contributed by atoms with E-state index < -0.39 is 0 Å². The van der Waals surface area contributed by atoms with Crippen molar-refractivity contribution in [2.75, 3.05) is 13.2 Å². The second-order valence-corrected chi connectivity index (χ2v) is 4.45. The quantitative estimate of drug-likeness (QED) is 0.263. The van der Waals surface area contributed by atoms with E-state index in [1.165, 1.54) is 31.8 Å². The Kier molecular flexibility index (Phi) is 5.53.